The summed E-state index contributed by atoms with van der Waals surface area (Å²) >= 11 is 1.46. The number of Topliss-reactive ketones (excluding diaryl/α,β-unsaturated/α-hetero) is 1. The maximum Gasteiger partial charge on any atom is 0.344 e. The predicted molar refractivity (Wildman–Crippen MR) is 165 cm³/mol. The van der Waals surface area contributed by atoms with Crippen LogP contribution in [-0.2, 0) is 11.3 Å². The van der Waals surface area contributed by atoms with Crippen molar-refractivity contribution in [3.05, 3.63) is 86.5 Å². The Kier molecular flexibility index (Phi) is 12.5. The Morgan fingerprint density at radius 3 is 2.65 bits per heavy atom. The molecule has 0 aliphatic heterocycles. The van der Waals surface area contributed by atoms with Crippen LogP contribution in [0, 0.1) is 0 Å². The molecule has 0 saturated heterocycles. The van der Waals surface area contributed by atoms with E-state index in [9.17, 15) is 14.4 Å². The summed E-state index contributed by atoms with van der Waals surface area (Å²) in [4.78, 5) is 45.6. The van der Waals surface area contributed by atoms with Gasteiger partial charge < -0.3 is 4.74 Å². The zero-order valence-electron chi connectivity index (χ0n) is 24.1. The molecule has 7 heteroatoms. The Morgan fingerprint density at radius 1 is 1.12 bits per heavy atom. The second kappa shape index (κ2) is 16.1. The normalized spacial score (nSPS) is 12.4. The average molecular weight is 563 g/mol. The van der Waals surface area contributed by atoms with Crippen molar-refractivity contribution in [2.24, 2.45) is 0 Å². The lowest BCUT2D eigenvalue weighted by Gasteiger charge is -2.20. The number of esters is 1. The van der Waals surface area contributed by atoms with Crippen molar-refractivity contribution in [2.75, 3.05) is 6.61 Å². The van der Waals surface area contributed by atoms with E-state index in [4.69, 9.17) is 4.74 Å². The molecule has 3 heterocycles. The Labute approximate surface area is 241 Å². The number of ether oxygens (including phenoxy) is 1. The minimum Gasteiger partial charge on any atom is -0.462 e. The van der Waals surface area contributed by atoms with Crippen LogP contribution in [0.2, 0.25) is 0 Å². The molecule has 0 aliphatic rings. The van der Waals surface area contributed by atoms with Gasteiger partial charge in [0, 0.05) is 18.1 Å². The van der Waals surface area contributed by atoms with Crippen molar-refractivity contribution in [1.29, 1.82) is 0 Å². The summed E-state index contributed by atoms with van der Waals surface area (Å²) < 4.78 is 7.14. The summed E-state index contributed by atoms with van der Waals surface area (Å²) in [7, 11) is 0. The first-order valence-electron chi connectivity index (χ1n) is 14.5. The number of aryl methyl sites for hydroxylation is 1. The van der Waals surface area contributed by atoms with Gasteiger partial charge in [0.05, 0.1) is 11.5 Å². The highest BCUT2D eigenvalue weighted by molar-refractivity contribution is 7.12. The minimum atomic E-state index is -0.577. The molecule has 214 valence electrons. The number of pyridine rings is 2. The van der Waals surface area contributed by atoms with Crippen molar-refractivity contribution in [1.82, 2.24) is 9.55 Å². The first-order valence-corrected chi connectivity index (χ1v) is 15.4. The van der Waals surface area contributed by atoms with Gasteiger partial charge in [0.2, 0.25) is 0 Å². The number of thiophene rings is 1. The zero-order valence-corrected chi connectivity index (χ0v) is 24.9. The van der Waals surface area contributed by atoms with E-state index >= 15 is 0 Å². The van der Waals surface area contributed by atoms with Crippen molar-refractivity contribution in [2.45, 2.75) is 91.0 Å². The van der Waals surface area contributed by atoms with Crippen molar-refractivity contribution < 1.29 is 14.3 Å². The monoisotopic (exact) mass is 562 g/mol. The van der Waals surface area contributed by atoms with Crippen LogP contribution in [0.3, 0.4) is 0 Å². The fraction of sp³-hybridized carbons (Fsp3) is 0.455. The first-order chi connectivity index (χ1) is 19.4. The number of nitrogens with zero attached hydrogens (tertiary/aromatic N) is 2. The summed E-state index contributed by atoms with van der Waals surface area (Å²) in [6.45, 7) is 10.6. The fourth-order valence-corrected chi connectivity index (χ4v) is 5.64. The van der Waals surface area contributed by atoms with Crippen LogP contribution < -0.4 is 5.56 Å². The van der Waals surface area contributed by atoms with Crippen molar-refractivity contribution in [3.8, 4) is 0 Å². The predicted octanol–water partition coefficient (Wildman–Crippen LogP) is 8.26. The average Bonchev–Trinajstić information content (AvgIpc) is 3.51. The molecule has 3 aromatic rings. The third kappa shape index (κ3) is 7.87. The molecule has 0 amide bonds. The third-order valence-electron chi connectivity index (χ3n) is 7.06. The largest absolute Gasteiger partial charge is 0.462 e. The van der Waals surface area contributed by atoms with Crippen LogP contribution in [0.15, 0.2) is 64.9 Å². The Balaban J connectivity index is 2.00. The van der Waals surface area contributed by atoms with Crippen molar-refractivity contribution in [3.63, 3.8) is 0 Å². The van der Waals surface area contributed by atoms with Crippen molar-refractivity contribution >= 4 is 34.1 Å². The molecule has 3 aromatic heterocycles. The van der Waals surface area contributed by atoms with E-state index in [1.807, 2.05) is 55.6 Å². The SMILES string of the molecule is C=CCCCCn1c(=O)c(C(=O)OCCC)c(C(C)CC/C=C(/CCCC)C(=O)c2cccs2)c2cccnc21. The van der Waals surface area contributed by atoms with Gasteiger partial charge in [-0.25, -0.2) is 9.78 Å². The number of hydrogen-bond acceptors (Lipinski definition) is 6. The van der Waals surface area contributed by atoms with Crippen LogP contribution in [-0.4, -0.2) is 27.9 Å². The Hall–Kier alpha value is -3.32. The van der Waals surface area contributed by atoms with Gasteiger partial charge in [0.25, 0.3) is 5.56 Å². The van der Waals surface area contributed by atoms with Gasteiger partial charge >= 0.3 is 5.97 Å². The van der Waals surface area contributed by atoms with Gasteiger partial charge in [-0.15, -0.1) is 17.9 Å². The van der Waals surface area contributed by atoms with E-state index in [2.05, 4.69) is 18.5 Å². The van der Waals surface area contributed by atoms with E-state index < -0.39 is 5.97 Å². The molecule has 1 atom stereocenters. The number of rotatable bonds is 17. The van der Waals surface area contributed by atoms with Gasteiger partial charge in [-0.1, -0.05) is 45.4 Å². The van der Waals surface area contributed by atoms with Gasteiger partial charge in [0.1, 0.15) is 11.2 Å². The molecule has 1 unspecified atom stereocenters. The maximum absolute atomic E-state index is 13.8. The lowest BCUT2D eigenvalue weighted by atomic mass is 9.89. The maximum atomic E-state index is 13.8. The van der Waals surface area contributed by atoms with Crippen LogP contribution in [0.4, 0.5) is 0 Å². The first kappa shape index (κ1) is 31.2. The molecule has 0 aromatic carbocycles. The highest BCUT2D eigenvalue weighted by Crippen LogP contribution is 2.31. The Morgan fingerprint density at radius 2 is 1.95 bits per heavy atom. The number of carbonyl (C=O) groups excluding carboxylic acids is 2. The third-order valence-corrected chi connectivity index (χ3v) is 7.93. The van der Waals surface area contributed by atoms with Crippen LogP contribution in [0.1, 0.15) is 110 Å². The molecule has 0 radical (unpaired) electrons. The molecule has 0 aliphatic carbocycles. The molecule has 0 N–H and O–H groups in total. The summed E-state index contributed by atoms with van der Waals surface area (Å²) in [5, 5.41) is 2.72. The molecule has 40 heavy (non-hydrogen) atoms. The summed E-state index contributed by atoms with van der Waals surface area (Å²) in [6.07, 6.45) is 12.8. The van der Waals surface area contributed by atoms with Gasteiger partial charge in [-0.3, -0.25) is 14.2 Å². The topological polar surface area (TPSA) is 78.3 Å². The number of fused-ring (bicyclic) bond motifs is 1. The highest BCUT2D eigenvalue weighted by Gasteiger charge is 2.27. The van der Waals surface area contributed by atoms with E-state index in [-0.39, 0.29) is 29.4 Å². The molecule has 0 saturated carbocycles. The second-order valence-corrected chi connectivity index (χ2v) is 11.1. The standard InChI is InChI=1S/C33H42N2O4S/c1-5-8-10-11-21-35-31-26(18-13-20-34-31)28(29(32(35)37)33(38)39-22-7-3)24(4)15-12-17-25(16-9-6-2)30(36)27-19-14-23-40-27/h5,13-14,17-20,23-24H,1,6-12,15-16,21-22H2,2-4H3/b25-17-. The summed E-state index contributed by atoms with van der Waals surface area (Å²) in [5.74, 6) is -0.612. The van der Waals surface area contributed by atoms with E-state index in [0.717, 1.165) is 54.4 Å². The number of unbranched alkanes of at least 4 members (excludes halogenated alkanes) is 3. The molecule has 0 fully saturated rings. The van der Waals surface area contributed by atoms with E-state index in [1.165, 1.54) is 11.3 Å². The lowest BCUT2D eigenvalue weighted by molar-refractivity contribution is 0.0500. The molecular formula is C33H42N2O4S. The number of carbonyl (C=O) groups is 2. The van der Waals surface area contributed by atoms with Gasteiger partial charge in [-0.2, -0.15) is 0 Å². The number of aromatic nitrogens is 2. The second-order valence-electron chi connectivity index (χ2n) is 10.2. The van der Waals surface area contributed by atoms with Gasteiger partial charge in [-0.05, 0) is 92.0 Å². The quantitative estimate of drug-likeness (QED) is 0.0544. The number of allylic oxidation sites excluding steroid dienone is 3. The molecule has 3 rings (SSSR count). The summed E-state index contributed by atoms with van der Waals surface area (Å²) in [5.41, 5.74) is 1.87. The van der Waals surface area contributed by atoms with E-state index in [1.54, 1.807) is 10.8 Å². The van der Waals surface area contributed by atoms with Crippen LogP contribution in [0.25, 0.3) is 11.0 Å². The Bertz CT molecular complexity index is 1370. The highest BCUT2D eigenvalue weighted by atomic mass is 32.1. The molecule has 6 nitrogen and oxygen atoms in total. The smallest absolute Gasteiger partial charge is 0.344 e. The lowest BCUT2D eigenvalue weighted by Crippen LogP contribution is -2.31. The number of hydrogen-bond donors (Lipinski definition) is 0. The van der Waals surface area contributed by atoms with E-state index in [0.29, 0.717) is 37.0 Å². The number of ketones is 1. The molecular weight excluding hydrogens is 520 g/mol. The molecule has 0 bridgehead atoms. The van der Waals surface area contributed by atoms with Crippen LogP contribution in [0.5, 0.6) is 0 Å². The van der Waals surface area contributed by atoms with Crippen LogP contribution >= 0.6 is 11.3 Å². The minimum absolute atomic E-state index is 0.0913. The van der Waals surface area contributed by atoms with Gasteiger partial charge in [0.15, 0.2) is 5.78 Å². The fourth-order valence-electron chi connectivity index (χ4n) is 4.94. The molecule has 0 spiro atoms. The zero-order chi connectivity index (χ0) is 28.9. The summed E-state index contributed by atoms with van der Waals surface area (Å²) in [6, 6.07) is 7.55.